The van der Waals surface area contributed by atoms with Crippen LogP contribution >= 0.6 is 0 Å². The molecule has 0 aliphatic rings. The van der Waals surface area contributed by atoms with E-state index < -0.39 is 5.91 Å². The minimum atomic E-state index is -0.810. The molecule has 3 N–H and O–H groups in total. The van der Waals surface area contributed by atoms with E-state index in [9.17, 15) is 9.59 Å². The second kappa shape index (κ2) is 9.11. The SMILES string of the molecule is O=C(/C=C/c1ccccc1)NCCCOc1cc(C(=O)NO)on1. The Hall–Kier alpha value is -3.13. The number of nitrogens with zero attached hydrogens (tertiary/aromatic N) is 1. The summed E-state index contributed by atoms with van der Waals surface area (Å²) in [5, 5.41) is 14.7. The zero-order chi connectivity index (χ0) is 17.2. The molecule has 0 aliphatic heterocycles. The molecule has 0 saturated carbocycles. The van der Waals surface area contributed by atoms with Crippen molar-refractivity contribution in [3.8, 4) is 5.88 Å². The van der Waals surface area contributed by atoms with Crippen LogP contribution in [0.25, 0.3) is 6.08 Å². The molecule has 1 heterocycles. The van der Waals surface area contributed by atoms with E-state index in [0.29, 0.717) is 13.0 Å². The molecule has 0 aliphatic carbocycles. The Kier molecular flexibility index (Phi) is 6.54. The normalized spacial score (nSPS) is 10.5. The number of ether oxygens (including phenoxy) is 1. The molecule has 1 aromatic carbocycles. The molecular formula is C16H17N3O5. The number of amides is 2. The smallest absolute Gasteiger partial charge is 0.313 e. The van der Waals surface area contributed by atoms with E-state index >= 15 is 0 Å². The van der Waals surface area contributed by atoms with Gasteiger partial charge in [-0.05, 0) is 23.2 Å². The van der Waals surface area contributed by atoms with Gasteiger partial charge in [0.25, 0.3) is 5.88 Å². The summed E-state index contributed by atoms with van der Waals surface area (Å²) < 4.78 is 9.92. The van der Waals surface area contributed by atoms with Crippen LogP contribution in [0.15, 0.2) is 47.0 Å². The highest BCUT2D eigenvalue weighted by Gasteiger charge is 2.12. The predicted molar refractivity (Wildman–Crippen MR) is 84.4 cm³/mol. The minimum absolute atomic E-state index is 0.129. The van der Waals surface area contributed by atoms with Gasteiger partial charge in [0.2, 0.25) is 11.7 Å². The summed E-state index contributed by atoms with van der Waals surface area (Å²) in [6, 6.07) is 10.8. The van der Waals surface area contributed by atoms with Gasteiger partial charge in [0.15, 0.2) is 0 Å². The average Bonchev–Trinajstić information content (AvgIpc) is 3.09. The maximum absolute atomic E-state index is 11.6. The first-order chi connectivity index (χ1) is 11.7. The molecule has 0 spiro atoms. The van der Waals surface area contributed by atoms with E-state index in [1.165, 1.54) is 17.6 Å². The van der Waals surface area contributed by atoms with Crippen molar-refractivity contribution >= 4 is 17.9 Å². The average molecular weight is 331 g/mol. The van der Waals surface area contributed by atoms with Gasteiger partial charge in [-0.2, -0.15) is 0 Å². The maximum atomic E-state index is 11.6. The molecule has 8 nitrogen and oxygen atoms in total. The third-order valence-electron chi connectivity index (χ3n) is 2.91. The molecule has 0 radical (unpaired) electrons. The second-order valence-corrected chi connectivity index (χ2v) is 4.71. The van der Waals surface area contributed by atoms with Gasteiger partial charge in [-0.15, -0.1) is 0 Å². The van der Waals surface area contributed by atoms with Gasteiger partial charge in [0, 0.05) is 12.6 Å². The van der Waals surface area contributed by atoms with Crippen LogP contribution in [0.1, 0.15) is 22.5 Å². The van der Waals surface area contributed by atoms with Crippen molar-refractivity contribution in [3.63, 3.8) is 0 Å². The van der Waals surface area contributed by atoms with E-state index in [1.807, 2.05) is 30.3 Å². The lowest BCUT2D eigenvalue weighted by Gasteiger charge is -2.03. The van der Waals surface area contributed by atoms with E-state index in [0.717, 1.165) is 5.56 Å². The highest BCUT2D eigenvalue weighted by atomic mass is 16.5. The first-order valence-electron chi connectivity index (χ1n) is 7.24. The molecule has 2 aromatic rings. The molecule has 0 atom stereocenters. The Morgan fingerprint density at radius 1 is 1.29 bits per heavy atom. The summed E-state index contributed by atoms with van der Waals surface area (Å²) in [5.74, 6) is -1.03. The first kappa shape index (κ1) is 17.2. The summed E-state index contributed by atoms with van der Waals surface area (Å²) in [7, 11) is 0. The third kappa shape index (κ3) is 5.58. The Bertz CT molecular complexity index is 697. The van der Waals surface area contributed by atoms with Crippen LogP contribution in [0, 0.1) is 0 Å². The highest BCUT2D eigenvalue weighted by molar-refractivity contribution is 5.91. The first-order valence-corrected chi connectivity index (χ1v) is 7.24. The van der Waals surface area contributed by atoms with E-state index in [2.05, 4.69) is 15.0 Å². The number of hydrogen-bond acceptors (Lipinski definition) is 6. The predicted octanol–water partition coefficient (Wildman–Crippen LogP) is 1.39. The molecular weight excluding hydrogens is 314 g/mol. The van der Waals surface area contributed by atoms with Gasteiger partial charge in [0.1, 0.15) is 0 Å². The van der Waals surface area contributed by atoms with Crippen LogP contribution in [0.4, 0.5) is 0 Å². The van der Waals surface area contributed by atoms with Crippen molar-refractivity contribution in [1.29, 1.82) is 0 Å². The van der Waals surface area contributed by atoms with Crippen LogP contribution < -0.4 is 15.5 Å². The third-order valence-corrected chi connectivity index (χ3v) is 2.91. The summed E-state index contributed by atoms with van der Waals surface area (Å²) in [6.45, 7) is 0.717. The molecule has 0 saturated heterocycles. The lowest BCUT2D eigenvalue weighted by atomic mass is 10.2. The standard InChI is InChI=1S/C16H17N3O5/c20-14(8-7-12-5-2-1-3-6-12)17-9-4-10-23-15-11-13(24-19-15)16(21)18-22/h1-3,5-8,11,22H,4,9-10H2,(H,17,20)(H,18,21)/b8-7+. The van der Waals surface area contributed by atoms with Crippen LogP contribution in [0.5, 0.6) is 5.88 Å². The number of hydrogen-bond donors (Lipinski definition) is 3. The van der Waals surface area contributed by atoms with Gasteiger partial charge in [-0.1, -0.05) is 30.3 Å². The van der Waals surface area contributed by atoms with Gasteiger partial charge < -0.3 is 14.6 Å². The molecule has 24 heavy (non-hydrogen) atoms. The van der Waals surface area contributed by atoms with Gasteiger partial charge >= 0.3 is 5.91 Å². The van der Waals surface area contributed by atoms with Crippen molar-refractivity contribution in [2.45, 2.75) is 6.42 Å². The van der Waals surface area contributed by atoms with Crippen molar-refractivity contribution in [2.75, 3.05) is 13.2 Å². The van der Waals surface area contributed by atoms with Crippen LogP contribution in [0.3, 0.4) is 0 Å². The summed E-state index contributed by atoms with van der Waals surface area (Å²) in [5.41, 5.74) is 2.37. The van der Waals surface area contributed by atoms with Crippen LogP contribution in [0.2, 0.25) is 0 Å². The number of hydroxylamine groups is 1. The van der Waals surface area contributed by atoms with Crippen molar-refractivity contribution in [3.05, 3.63) is 53.8 Å². The zero-order valence-electron chi connectivity index (χ0n) is 12.8. The molecule has 2 rings (SSSR count). The van der Waals surface area contributed by atoms with Crippen LogP contribution in [-0.2, 0) is 4.79 Å². The lowest BCUT2D eigenvalue weighted by Crippen LogP contribution is -2.23. The van der Waals surface area contributed by atoms with Crippen molar-refractivity contribution in [2.24, 2.45) is 0 Å². The number of carbonyl (C=O) groups is 2. The number of rotatable bonds is 8. The molecule has 2 amide bonds. The van der Waals surface area contributed by atoms with Crippen LogP contribution in [-0.4, -0.2) is 35.3 Å². The molecule has 0 unspecified atom stereocenters. The molecule has 126 valence electrons. The zero-order valence-corrected chi connectivity index (χ0v) is 12.8. The summed E-state index contributed by atoms with van der Waals surface area (Å²) in [6.07, 6.45) is 3.75. The Morgan fingerprint density at radius 2 is 2.08 bits per heavy atom. The lowest BCUT2D eigenvalue weighted by molar-refractivity contribution is -0.116. The van der Waals surface area contributed by atoms with E-state index in [-0.39, 0.29) is 24.2 Å². The summed E-state index contributed by atoms with van der Waals surface area (Å²) in [4.78, 5) is 22.7. The number of aromatic nitrogens is 1. The topological polar surface area (TPSA) is 114 Å². The second-order valence-electron chi connectivity index (χ2n) is 4.71. The fraction of sp³-hybridized carbons (Fsp3) is 0.188. The Balaban J connectivity index is 1.62. The van der Waals surface area contributed by atoms with E-state index in [1.54, 1.807) is 6.08 Å². The minimum Gasteiger partial charge on any atom is -0.475 e. The quantitative estimate of drug-likeness (QED) is 0.291. The van der Waals surface area contributed by atoms with Crippen molar-refractivity contribution < 1.29 is 24.1 Å². The number of nitrogens with one attached hydrogen (secondary N) is 2. The Labute approximate surface area is 138 Å². The monoisotopic (exact) mass is 331 g/mol. The Morgan fingerprint density at radius 3 is 2.83 bits per heavy atom. The largest absolute Gasteiger partial charge is 0.475 e. The molecule has 0 fully saturated rings. The van der Waals surface area contributed by atoms with Gasteiger partial charge in [-0.25, -0.2) is 5.48 Å². The van der Waals surface area contributed by atoms with Gasteiger partial charge in [-0.3, -0.25) is 14.8 Å². The molecule has 8 heteroatoms. The van der Waals surface area contributed by atoms with Gasteiger partial charge in [0.05, 0.1) is 12.7 Å². The van der Waals surface area contributed by atoms with Crippen molar-refractivity contribution in [1.82, 2.24) is 16.0 Å². The highest BCUT2D eigenvalue weighted by Crippen LogP contribution is 2.11. The fourth-order valence-electron chi connectivity index (χ4n) is 1.74. The molecule has 0 bridgehead atoms. The number of carbonyl (C=O) groups excluding carboxylic acids is 2. The number of benzene rings is 1. The fourth-order valence-corrected chi connectivity index (χ4v) is 1.74. The van der Waals surface area contributed by atoms with E-state index in [4.69, 9.17) is 9.94 Å². The summed E-state index contributed by atoms with van der Waals surface area (Å²) >= 11 is 0. The molecule has 1 aromatic heterocycles. The maximum Gasteiger partial charge on any atom is 0.313 e.